The van der Waals surface area contributed by atoms with Crippen LogP contribution >= 0.6 is 0 Å². The maximum absolute atomic E-state index is 12.4. The average molecular weight is 326 g/mol. The number of benzene rings is 1. The summed E-state index contributed by atoms with van der Waals surface area (Å²) in [6.07, 6.45) is 2.01. The Morgan fingerprint density at radius 1 is 1.32 bits per heavy atom. The lowest BCUT2D eigenvalue weighted by molar-refractivity contribution is -0.385. The van der Waals surface area contributed by atoms with Gasteiger partial charge in [0.1, 0.15) is 9.84 Å². The highest BCUT2D eigenvalue weighted by atomic mass is 32.2. The van der Waals surface area contributed by atoms with E-state index in [1.165, 1.54) is 12.3 Å². The molecule has 0 unspecified atom stereocenters. The number of amides is 1. The third-order valence-electron chi connectivity index (χ3n) is 3.99. The molecule has 1 aromatic carbocycles. The Morgan fingerprint density at radius 2 is 1.91 bits per heavy atom. The number of aryl methyl sites for hydroxylation is 1. The van der Waals surface area contributed by atoms with E-state index in [-0.39, 0.29) is 17.2 Å². The number of nitrogens with zero attached hydrogens (tertiary/aromatic N) is 2. The number of likely N-dealkylation sites (tertiary alicyclic amines) is 1. The van der Waals surface area contributed by atoms with Crippen LogP contribution in [0.4, 0.5) is 5.69 Å². The van der Waals surface area contributed by atoms with Crippen LogP contribution in [0.5, 0.6) is 0 Å². The number of sulfone groups is 1. The molecule has 2 rings (SSSR count). The molecule has 1 aromatic rings. The topological polar surface area (TPSA) is 97.6 Å². The molecule has 0 spiro atoms. The van der Waals surface area contributed by atoms with Crippen molar-refractivity contribution in [3.63, 3.8) is 0 Å². The number of rotatable bonds is 3. The second-order valence-electron chi connectivity index (χ2n) is 5.58. The summed E-state index contributed by atoms with van der Waals surface area (Å²) in [6.45, 7) is 2.31. The van der Waals surface area contributed by atoms with E-state index in [2.05, 4.69) is 0 Å². The molecule has 1 aliphatic rings. The minimum atomic E-state index is -3.09. The van der Waals surface area contributed by atoms with E-state index in [1.807, 2.05) is 0 Å². The summed E-state index contributed by atoms with van der Waals surface area (Å²) in [5.74, 6) is -0.296. The summed E-state index contributed by atoms with van der Waals surface area (Å²) in [6, 6.07) is 4.39. The third-order valence-corrected chi connectivity index (χ3v) is 5.67. The van der Waals surface area contributed by atoms with Crippen molar-refractivity contribution < 1.29 is 18.1 Å². The molecule has 1 saturated heterocycles. The van der Waals surface area contributed by atoms with Crippen molar-refractivity contribution in [3.8, 4) is 0 Å². The van der Waals surface area contributed by atoms with Crippen molar-refractivity contribution in [2.24, 2.45) is 0 Å². The van der Waals surface area contributed by atoms with E-state index in [0.717, 1.165) is 0 Å². The van der Waals surface area contributed by atoms with Gasteiger partial charge in [-0.1, -0.05) is 6.07 Å². The van der Waals surface area contributed by atoms with Crippen LogP contribution in [0.2, 0.25) is 0 Å². The standard InChI is InChI=1S/C14H18N2O5S/c1-10-3-4-11(9-13(10)16(18)19)14(17)15-7-5-12(6-8-15)22(2,20)21/h3-4,9,12H,5-8H2,1-2H3. The first-order valence-corrected chi connectivity index (χ1v) is 8.89. The number of hydrogen-bond acceptors (Lipinski definition) is 5. The Labute approximate surface area is 129 Å². The fourth-order valence-electron chi connectivity index (χ4n) is 2.61. The SMILES string of the molecule is Cc1ccc(C(=O)N2CCC(S(C)(=O)=O)CC2)cc1[N+](=O)[O-]. The van der Waals surface area contributed by atoms with Crippen molar-refractivity contribution in [2.45, 2.75) is 25.0 Å². The summed E-state index contributed by atoms with van der Waals surface area (Å²) < 4.78 is 23.0. The van der Waals surface area contributed by atoms with Gasteiger partial charge in [-0.25, -0.2) is 8.42 Å². The molecule has 0 saturated carbocycles. The van der Waals surface area contributed by atoms with Gasteiger partial charge in [-0.15, -0.1) is 0 Å². The minimum Gasteiger partial charge on any atom is -0.339 e. The number of hydrogen-bond donors (Lipinski definition) is 0. The maximum Gasteiger partial charge on any atom is 0.273 e. The van der Waals surface area contributed by atoms with Crippen molar-refractivity contribution in [2.75, 3.05) is 19.3 Å². The van der Waals surface area contributed by atoms with Crippen molar-refractivity contribution in [3.05, 3.63) is 39.4 Å². The quantitative estimate of drug-likeness (QED) is 0.620. The van der Waals surface area contributed by atoms with Crippen LogP contribution in [0.25, 0.3) is 0 Å². The Kier molecular flexibility index (Phi) is 4.50. The average Bonchev–Trinajstić information content (AvgIpc) is 2.46. The van der Waals surface area contributed by atoms with Gasteiger partial charge in [0.2, 0.25) is 0 Å². The van der Waals surface area contributed by atoms with Crippen molar-refractivity contribution in [1.29, 1.82) is 0 Å². The van der Waals surface area contributed by atoms with Gasteiger partial charge in [0.05, 0.1) is 10.2 Å². The molecule has 120 valence electrons. The highest BCUT2D eigenvalue weighted by Gasteiger charge is 2.29. The van der Waals surface area contributed by atoms with Gasteiger partial charge in [-0.3, -0.25) is 14.9 Å². The molecule has 0 aromatic heterocycles. The molecule has 0 atom stereocenters. The smallest absolute Gasteiger partial charge is 0.273 e. The zero-order chi connectivity index (χ0) is 16.5. The van der Waals surface area contributed by atoms with E-state index in [0.29, 0.717) is 31.5 Å². The molecular formula is C14H18N2O5S. The molecule has 1 amide bonds. The molecule has 7 nitrogen and oxygen atoms in total. The van der Waals surface area contributed by atoms with E-state index < -0.39 is 20.0 Å². The largest absolute Gasteiger partial charge is 0.339 e. The van der Waals surface area contributed by atoms with Crippen LogP contribution in [0.15, 0.2) is 18.2 Å². The first-order valence-electron chi connectivity index (χ1n) is 6.93. The van der Waals surface area contributed by atoms with Crippen LogP contribution in [-0.4, -0.2) is 48.7 Å². The fourth-order valence-corrected chi connectivity index (χ4v) is 3.68. The molecule has 0 aliphatic carbocycles. The molecule has 0 N–H and O–H groups in total. The van der Waals surface area contributed by atoms with Gasteiger partial charge in [0.25, 0.3) is 11.6 Å². The number of nitro benzene ring substituents is 1. The zero-order valence-electron chi connectivity index (χ0n) is 12.5. The number of carbonyl (C=O) groups is 1. The van der Waals surface area contributed by atoms with E-state index in [1.54, 1.807) is 24.0 Å². The molecule has 22 heavy (non-hydrogen) atoms. The normalized spacial score (nSPS) is 16.5. The molecule has 1 fully saturated rings. The second kappa shape index (κ2) is 6.04. The van der Waals surface area contributed by atoms with Crippen LogP contribution in [0.1, 0.15) is 28.8 Å². The van der Waals surface area contributed by atoms with Crippen molar-refractivity contribution >= 4 is 21.4 Å². The van der Waals surface area contributed by atoms with Crippen LogP contribution in [0.3, 0.4) is 0 Å². The maximum atomic E-state index is 12.4. The molecule has 1 aliphatic heterocycles. The van der Waals surface area contributed by atoms with E-state index in [9.17, 15) is 23.3 Å². The Hall–Kier alpha value is -1.96. The number of piperidine rings is 1. The highest BCUT2D eigenvalue weighted by Crippen LogP contribution is 2.23. The van der Waals surface area contributed by atoms with Crippen LogP contribution < -0.4 is 0 Å². The molecular weight excluding hydrogens is 308 g/mol. The summed E-state index contributed by atoms with van der Waals surface area (Å²) in [5.41, 5.74) is 0.671. The predicted octanol–water partition coefficient (Wildman–Crippen LogP) is 1.55. The Balaban J connectivity index is 2.14. The predicted molar refractivity (Wildman–Crippen MR) is 81.6 cm³/mol. The first-order chi connectivity index (χ1) is 10.2. The molecule has 8 heteroatoms. The van der Waals surface area contributed by atoms with E-state index in [4.69, 9.17) is 0 Å². The lowest BCUT2D eigenvalue weighted by atomic mass is 10.1. The summed E-state index contributed by atoms with van der Waals surface area (Å²) in [4.78, 5) is 24.4. The van der Waals surface area contributed by atoms with Gasteiger partial charge in [0, 0.05) is 36.5 Å². The second-order valence-corrected chi connectivity index (χ2v) is 7.91. The first kappa shape index (κ1) is 16.4. The zero-order valence-corrected chi connectivity index (χ0v) is 13.3. The van der Waals surface area contributed by atoms with Gasteiger partial charge in [0.15, 0.2) is 0 Å². The van der Waals surface area contributed by atoms with Crippen LogP contribution in [0, 0.1) is 17.0 Å². The van der Waals surface area contributed by atoms with Gasteiger partial charge >= 0.3 is 0 Å². The van der Waals surface area contributed by atoms with Gasteiger partial charge in [-0.2, -0.15) is 0 Å². The molecule has 0 bridgehead atoms. The molecule has 1 heterocycles. The summed E-state index contributed by atoms with van der Waals surface area (Å²) in [5, 5.41) is 10.5. The van der Waals surface area contributed by atoms with Crippen LogP contribution in [-0.2, 0) is 9.84 Å². The lowest BCUT2D eigenvalue weighted by Gasteiger charge is -2.31. The summed E-state index contributed by atoms with van der Waals surface area (Å²) >= 11 is 0. The highest BCUT2D eigenvalue weighted by molar-refractivity contribution is 7.91. The monoisotopic (exact) mass is 326 g/mol. The number of carbonyl (C=O) groups excluding carboxylic acids is 1. The van der Waals surface area contributed by atoms with Gasteiger partial charge in [-0.05, 0) is 25.8 Å². The Morgan fingerprint density at radius 3 is 2.41 bits per heavy atom. The number of nitro groups is 1. The van der Waals surface area contributed by atoms with E-state index >= 15 is 0 Å². The fraction of sp³-hybridized carbons (Fsp3) is 0.500. The minimum absolute atomic E-state index is 0.0862. The van der Waals surface area contributed by atoms with Crippen molar-refractivity contribution in [1.82, 2.24) is 4.90 Å². The Bertz CT molecular complexity index is 706. The molecule has 0 radical (unpaired) electrons. The third kappa shape index (κ3) is 3.44. The van der Waals surface area contributed by atoms with Gasteiger partial charge < -0.3 is 4.90 Å². The summed E-state index contributed by atoms with van der Waals surface area (Å²) in [7, 11) is -3.09. The lowest BCUT2D eigenvalue weighted by Crippen LogP contribution is -2.42.